The van der Waals surface area contributed by atoms with E-state index in [4.69, 9.17) is 9.47 Å². The van der Waals surface area contributed by atoms with Gasteiger partial charge >= 0.3 is 6.09 Å². The van der Waals surface area contributed by atoms with Crippen LogP contribution >= 0.6 is 0 Å². The van der Waals surface area contributed by atoms with E-state index in [0.717, 1.165) is 6.07 Å². The van der Waals surface area contributed by atoms with Crippen LogP contribution < -0.4 is 10.1 Å². The van der Waals surface area contributed by atoms with Gasteiger partial charge in [0.15, 0.2) is 0 Å². The molecule has 0 atom stereocenters. The molecule has 0 aromatic heterocycles. The Labute approximate surface area is 156 Å². The molecule has 2 aromatic carbocycles. The van der Waals surface area contributed by atoms with E-state index in [0.29, 0.717) is 23.2 Å². The van der Waals surface area contributed by atoms with Crippen molar-refractivity contribution in [3.05, 3.63) is 53.6 Å². The zero-order valence-corrected chi connectivity index (χ0v) is 15.3. The van der Waals surface area contributed by atoms with Crippen LogP contribution in [0.3, 0.4) is 0 Å². The molecule has 0 aliphatic carbocycles. The third kappa shape index (κ3) is 6.69. The average molecular weight is 377 g/mol. The number of carbonyl (C=O) groups is 2. The number of amides is 1. The van der Waals surface area contributed by atoms with Gasteiger partial charge in [-0.3, -0.25) is 4.79 Å². The molecule has 0 saturated carbocycles. The van der Waals surface area contributed by atoms with Crippen molar-refractivity contribution in [1.29, 1.82) is 0 Å². The summed E-state index contributed by atoms with van der Waals surface area (Å²) in [5.41, 5.74) is 0.423. The van der Waals surface area contributed by atoms with E-state index in [2.05, 4.69) is 5.32 Å². The highest BCUT2D eigenvalue weighted by atomic mass is 19.1. The Bertz CT molecular complexity index is 811. The molecule has 1 amide bonds. The lowest BCUT2D eigenvalue weighted by atomic mass is 10.0. The molecule has 0 spiro atoms. The highest BCUT2D eigenvalue weighted by molar-refractivity contribution is 5.80. The van der Waals surface area contributed by atoms with Gasteiger partial charge in [-0.1, -0.05) is 0 Å². The minimum atomic E-state index is -0.717. The van der Waals surface area contributed by atoms with Crippen LogP contribution in [-0.2, 0) is 4.74 Å². The first-order chi connectivity index (χ1) is 12.7. The fraction of sp³-hybridized carbons (Fsp3) is 0.300. The molecule has 0 aliphatic heterocycles. The molecule has 2 rings (SSSR count). The van der Waals surface area contributed by atoms with Gasteiger partial charge in [0.2, 0.25) is 0 Å². The standard InChI is InChI=1S/C20H21F2NO4/c1-20(2,3)27-19(25)23-4-5-26-18-7-13(12-24)6-14(10-18)15-8-16(21)11-17(22)9-15/h6-12H,4-5H2,1-3H3,(H,23,25). The summed E-state index contributed by atoms with van der Waals surface area (Å²) in [5.74, 6) is -1.10. The van der Waals surface area contributed by atoms with E-state index in [1.807, 2.05) is 0 Å². The molecule has 7 heteroatoms. The fourth-order valence-electron chi connectivity index (χ4n) is 2.30. The van der Waals surface area contributed by atoms with Crippen molar-refractivity contribution in [3.63, 3.8) is 0 Å². The van der Waals surface area contributed by atoms with E-state index in [1.165, 1.54) is 24.3 Å². The third-order valence-electron chi connectivity index (χ3n) is 3.30. The Balaban J connectivity index is 2.05. The zero-order chi connectivity index (χ0) is 20.0. The number of benzene rings is 2. The molecule has 0 radical (unpaired) electrons. The minimum Gasteiger partial charge on any atom is -0.492 e. The molecule has 1 N–H and O–H groups in total. The topological polar surface area (TPSA) is 64.6 Å². The van der Waals surface area contributed by atoms with Crippen LogP contribution in [-0.4, -0.2) is 31.1 Å². The number of aldehydes is 1. The Morgan fingerprint density at radius 1 is 1.04 bits per heavy atom. The summed E-state index contributed by atoms with van der Waals surface area (Å²) >= 11 is 0. The Morgan fingerprint density at radius 3 is 2.26 bits per heavy atom. The number of halogens is 2. The summed E-state index contributed by atoms with van der Waals surface area (Å²) < 4.78 is 37.5. The molecule has 0 unspecified atom stereocenters. The summed E-state index contributed by atoms with van der Waals surface area (Å²) in [6.45, 7) is 5.57. The summed E-state index contributed by atoms with van der Waals surface area (Å²) in [4.78, 5) is 22.7. The summed E-state index contributed by atoms with van der Waals surface area (Å²) in [5, 5.41) is 2.54. The first-order valence-corrected chi connectivity index (χ1v) is 8.33. The van der Waals surface area contributed by atoms with Crippen LogP contribution in [0, 0.1) is 11.6 Å². The van der Waals surface area contributed by atoms with Gasteiger partial charge in [-0.2, -0.15) is 0 Å². The second-order valence-corrected chi connectivity index (χ2v) is 6.84. The number of nitrogens with one attached hydrogen (secondary N) is 1. The number of rotatable bonds is 6. The summed E-state index contributed by atoms with van der Waals surface area (Å²) in [7, 11) is 0. The number of carbonyl (C=O) groups excluding carboxylic acids is 2. The normalized spacial score (nSPS) is 11.0. The summed E-state index contributed by atoms with van der Waals surface area (Å²) in [6, 6.07) is 7.68. The number of hydrogen-bond acceptors (Lipinski definition) is 4. The fourth-order valence-corrected chi connectivity index (χ4v) is 2.30. The molecule has 0 bridgehead atoms. The second-order valence-electron chi connectivity index (χ2n) is 6.84. The molecule has 0 saturated heterocycles. The number of ether oxygens (including phenoxy) is 2. The highest BCUT2D eigenvalue weighted by Crippen LogP contribution is 2.27. The first kappa shape index (κ1) is 20.4. The van der Waals surface area contributed by atoms with Gasteiger partial charge in [0.1, 0.15) is 35.9 Å². The van der Waals surface area contributed by atoms with Crippen LogP contribution in [0.15, 0.2) is 36.4 Å². The van der Waals surface area contributed by atoms with Gasteiger partial charge < -0.3 is 14.8 Å². The van der Waals surface area contributed by atoms with Crippen molar-refractivity contribution >= 4 is 12.4 Å². The zero-order valence-electron chi connectivity index (χ0n) is 15.3. The number of alkyl carbamates (subject to hydrolysis) is 1. The molecule has 144 valence electrons. The van der Waals surface area contributed by atoms with Crippen molar-refractivity contribution in [3.8, 4) is 16.9 Å². The van der Waals surface area contributed by atoms with Gasteiger partial charge in [-0.15, -0.1) is 0 Å². The van der Waals surface area contributed by atoms with Crippen molar-refractivity contribution in [1.82, 2.24) is 5.32 Å². The van der Waals surface area contributed by atoms with Gasteiger partial charge in [-0.25, -0.2) is 13.6 Å². The maximum atomic E-state index is 13.4. The van der Waals surface area contributed by atoms with Crippen molar-refractivity contribution < 1.29 is 27.8 Å². The quantitative estimate of drug-likeness (QED) is 0.601. The Kier molecular flexibility index (Phi) is 6.50. The first-order valence-electron chi connectivity index (χ1n) is 8.33. The predicted octanol–water partition coefficient (Wildman–Crippen LogP) is 4.35. The van der Waals surface area contributed by atoms with Crippen LogP contribution in [0.5, 0.6) is 5.75 Å². The smallest absolute Gasteiger partial charge is 0.407 e. The molecular formula is C20H21F2NO4. The van der Waals surface area contributed by atoms with E-state index >= 15 is 0 Å². The van der Waals surface area contributed by atoms with Gasteiger partial charge in [0.25, 0.3) is 0 Å². The van der Waals surface area contributed by atoms with E-state index < -0.39 is 23.3 Å². The SMILES string of the molecule is CC(C)(C)OC(=O)NCCOc1cc(C=O)cc(-c2cc(F)cc(F)c2)c1. The second kappa shape index (κ2) is 8.62. The molecule has 2 aromatic rings. The largest absolute Gasteiger partial charge is 0.492 e. The van der Waals surface area contributed by atoms with E-state index in [1.54, 1.807) is 26.8 Å². The van der Waals surface area contributed by atoms with Gasteiger partial charge in [0, 0.05) is 11.6 Å². The van der Waals surface area contributed by atoms with Gasteiger partial charge in [0.05, 0.1) is 6.54 Å². The molecule has 27 heavy (non-hydrogen) atoms. The molecule has 5 nitrogen and oxygen atoms in total. The summed E-state index contributed by atoms with van der Waals surface area (Å²) in [6.07, 6.45) is 0.0500. The van der Waals surface area contributed by atoms with E-state index in [9.17, 15) is 18.4 Å². The predicted molar refractivity (Wildman–Crippen MR) is 96.9 cm³/mol. The molecular weight excluding hydrogens is 356 g/mol. The highest BCUT2D eigenvalue weighted by Gasteiger charge is 2.15. The maximum Gasteiger partial charge on any atom is 0.407 e. The monoisotopic (exact) mass is 377 g/mol. The van der Waals surface area contributed by atoms with Crippen LogP contribution in [0.1, 0.15) is 31.1 Å². The minimum absolute atomic E-state index is 0.124. The molecule has 0 fully saturated rings. The van der Waals surface area contributed by atoms with Crippen LogP contribution in [0.2, 0.25) is 0 Å². The van der Waals surface area contributed by atoms with Crippen molar-refractivity contribution in [2.24, 2.45) is 0 Å². The molecule has 0 heterocycles. The maximum absolute atomic E-state index is 13.4. The Morgan fingerprint density at radius 2 is 1.67 bits per heavy atom. The lowest BCUT2D eigenvalue weighted by Gasteiger charge is -2.19. The van der Waals surface area contributed by atoms with Crippen LogP contribution in [0.4, 0.5) is 13.6 Å². The van der Waals surface area contributed by atoms with Gasteiger partial charge in [-0.05, 0) is 62.2 Å². The number of hydrogen-bond donors (Lipinski definition) is 1. The average Bonchev–Trinajstić information content (AvgIpc) is 2.56. The van der Waals surface area contributed by atoms with Crippen molar-refractivity contribution in [2.45, 2.75) is 26.4 Å². The molecule has 0 aliphatic rings. The van der Waals surface area contributed by atoms with Crippen LogP contribution in [0.25, 0.3) is 11.1 Å². The lowest BCUT2D eigenvalue weighted by Crippen LogP contribution is -2.34. The Hall–Kier alpha value is -2.96. The lowest BCUT2D eigenvalue weighted by molar-refractivity contribution is 0.0520. The van der Waals surface area contributed by atoms with E-state index in [-0.39, 0.29) is 18.7 Å². The third-order valence-corrected chi connectivity index (χ3v) is 3.30. The van der Waals surface area contributed by atoms with Crippen molar-refractivity contribution in [2.75, 3.05) is 13.2 Å².